The van der Waals surface area contributed by atoms with Crippen molar-refractivity contribution in [2.24, 2.45) is 5.41 Å². The molecule has 1 aromatic carbocycles. The molecule has 206 valence electrons. The maximum absolute atomic E-state index is 13.9. The van der Waals surface area contributed by atoms with Crippen molar-refractivity contribution in [2.45, 2.75) is 84.9 Å². The van der Waals surface area contributed by atoms with Crippen LogP contribution in [0.2, 0.25) is 0 Å². The number of halogens is 6. The molecule has 2 amide bonds. The molecular weight excluding hydrogens is 540 g/mol. The lowest BCUT2D eigenvalue weighted by Crippen LogP contribution is -2.53. The van der Waals surface area contributed by atoms with Crippen LogP contribution in [-0.2, 0) is 25.6 Å². The van der Waals surface area contributed by atoms with Crippen LogP contribution < -0.4 is 5.32 Å². The number of hydrogen-bond acceptors (Lipinski definition) is 5. The zero-order chi connectivity index (χ0) is 27.9. The summed E-state index contributed by atoms with van der Waals surface area (Å²) < 4.78 is 110. The first kappa shape index (κ1) is 26.8. The van der Waals surface area contributed by atoms with Crippen molar-refractivity contribution in [3.8, 4) is 6.07 Å². The van der Waals surface area contributed by atoms with Crippen molar-refractivity contribution in [3.05, 3.63) is 29.3 Å². The molecule has 1 aliphatic heterocycles. The molecule has 0 aromatic heterocycles. The molecule has 38 heavy (non-hydrogen) atoms. The number of amides is 2. The van der Waals surface area contributed by atoms with Crippen LogP contribution in [0.3, 0.4) is 0 Å². The van der Waals surface area contributed by atoms with Gasteiger partial charge in [0, 0.05) is 6.54 Å². The third-order valence-corrected chi connectivity index (χ3v) is 10.1. The fraction of sp³-hybridized carbons (Fsp3) is 0.625. The summed E-state index contributed by atoms with van der Waals surface area (Å²) in [6.07, 6.45) is -9.88. The smallest absolute Gasteiger partial charge is 0.336 e. The number of nitrogens with zero attached hydrogens (tertiary/aromatic N) is 2. The number of likely N-dealkylation sites (tertiary alicyclic amines) is 1. The Balaban J connectivity index is 1.50. The van der Waals surface area contributed by atoms with Gasteiger partial charge in [-0.25, -0.2) is 8.42 Å². The van der Waals surface area contributed by atoms with Gasteiger partial charge in [0.2, 0.25) is 11.8 Å². The van der Waals surface area contributed by atoms with E-state index in [0.29, 0.717) is 23.3 Å². The second-order valence-electron chi connectivity index (χ2n) is 10.7. The van der Waals surface area contributed by atoms with E-state index in [2.05, 4.69) is 5.32 Å². The number of sulfone groups is 1. The first-order chi connectivity index (χ1) is 17.5. The molecule has 1 N–H and O–H groups in total. The Morgan fingerprint density at radius 2 is 1.68 bits per heavy atom. The Kier molecular flexibility index (Phi) is 5.87. The van der Waals surface area contributed by atoms with Crippen LogP contribution >= 0.6 is 0 Å². The number of alkyl halides is 6. The predicted molar refractivity (Wildman–Crippen MR) is 118 cm³/mol. The van der Waals surface area contributed by atoms with E-state index in [-0.39, 0.29) is 18.8 Å². The summed E-state index contributed by atoms with van der Waals surface area (Å²) in [5, 5.41) is 9.90. The van der Waals surface area contributed by atoms with E-state index in [9.17, 15) is 49.6 Å². The van der Waals surface area contributed by atoms with Gasteiger partial charge in [-0.2, -0.15) is 31.6 Å². The minimum absolute atomic E-state index is 0.104. The predicted octanol–water partition coefficient (Wildman–Crippen LogP) is 3.84. The standard InChI is InChI=1S/C24H23F6N3O4S/c25-23(26,27)16-9-14(13-1-2-13)3-4-18(16)38(36,37)15-10-17(19(34)32-21(12-31)5-6-21)33(11-15)20(35)22(7-8-22)24(28,29)30/h3-4,9,13,15,17H,1-2,5-8,10-11H2,(H,32,34). The highest BCUT2D eigenvalue weighted by Gasteiger charge is 2.70. The van der Waals surface area contributed by atoms with E-state index in [1.807, 2.05) is 6.07 Å². The van der Waals surface area contributed by atoms with Crippen LogP contribution in [0, 0.1) is 16.7 Å². The Morgan fingerprint density at radius 3 is 2.16 bits per heavy atom. The maximum atomic E-state index is 13.9. The molecule has 2 atom stereocenters. The monoisotopic (exact) mass is 563 g/mol. The molecule has 2 unspecified atom stereocenters. The normalized spacial score (nSPS) is 26.0. The fourth-order valence-corrected chi connectivity index (χ4v) is 6.98. The van der Waals surface area contributed by atoms with Gasteiger partial charge < -0.3 is 10.2 Å². The Hall–Kier alpha value is -2.82. The molecule has 1 heterocycles. The number of benzene rings is 1. The van der Waals surface area contributed by atoms with Crippen molar-refractivity contribution in [3.63, 3.8) is 0 Å². The number of rotatable bonds is 6. The summed E-state index contributed by atoms with van der Waals surface area (Å²) >= 11 is 0. The summed E-state index contributed by atoms with van der Waals surface area (Å²) in [5.74, 6) is -2.59. The highest BCUT2D eigenvalue weighted by atomic mass is 32.2. The van der Waals surface area contributed by atoms with E-state index < -0.39 is 92.5 Å². The first-order valence-electron chi connectivity index (χ1n) is 12.1. The Bertz CT molecular complexity index is 1340. The second-order valence-corrected chi connectivity index (χ2v) is 12.9. The van der Waals surface area contributed by atoms with Crippen molar-refractivity contribution >= 4 is 21.7 Å². The van der Waals surface area contributed by atoms with Crippen LogP contribution in [0.25, 0.3) is 0 Å². The molecule has 0 spiro atoms. The van der Waals surface area contributed by atoms with Crippen molar-refractivity contribution in [1.82, 2.24) is 10.2 Å². The molecule has 4 fully saturated rings. The minimum atomic E-state index is -5.03. The number of carbonyl (C=O) groups excluding carboxylic acids is 2. The van der Waals surface area contributed by atoms with Crippen molar-refractivity contribution < 1.29 is 44.3 Å². The SMILES string of the molecule is N#CC1(NC(=O)C2CC(S(=O)(=O)c3ccc(C4CC4)cc3C(F)(F)F)CN2C(=O)C2(C(F)(F)F)CC2)CC1. The lowest BCUT2D eigenvalue weighted by molar-refractivity contribution is -0.199. The Labute approximate surface area is 214 Å². The number of nitriles is 1. The van der Waals surface area contributed by atoms with Crippen molar-refractivity contribution in [2.75, 3.05) is 6.54 Å². The molecule has 1 saturated heterocycles. The molecule has 3 aliphatic carbocycles. The van der Waals surface area contributed by atoms with Crippen LogP contribution in [0.4, 0.5) is 26.3 Å². The van der Waals surface area contributed by atoms with Gasteiger partial charge >= 0.3 is 12.4 Å². The molecule has 14 heteroatoms. The molecular formula is C24H23F6N3O4S. The minimum Gasteiger partial charge on any atom is -0.336 e. The lowest BCUT2D eigenvalue weighted by Gasteiger charge is -2.29. The van der Waals surface area contributed by atoms with Gasteiger partial charge in [0.15, 0.2) is 9.84 Å². The van der Waals surface area contributed by atoms with E-state index in [1.165, 1.54) is 6.07 Å². The zero-order valence-electron chi connectivity index (χ0n) is 19.8. The maximum Gasteiger partial charge on any atom is 0.417 e. The third kappa shape index (κ3) is 4.42. The number of nitrogens with one attached hydrogen (secondary N) is 1. The van der Waals surface area contributed by atoms with Gasteiger partial charge in [-0.1, -0.05) is 6.07 Å². The van der Waals surface area contributed by atoms with Crippen LogP contribution in [-0.4, -0.2) is 54.7 Å². The van der Waals surface area contributed by atoms with Crippen LogP contribution in [0.5, 0.6) is 0 Å². The largest absolute Gasteiger partial charge is 0.417 e. The van der Waals surface area contributed by atoms with E-state index in [4.69, 9.17) is 0 Å². The van der Waals surface area contributed by atoms with E-state index >= 15 is 0 Å². The zero-order valence-corrected chi connectivity index (χ0v) is 20.6. The van der Waals surface area contributed by atoms with Gasteiger partial charge in [-0.3, -0.25) is 9.59 Å². The summed E-state index contributed by atoms with van der Waals surface area (Å²) in [4.78, 5) is 25.6. The Morgan fingerprint density at radius 1 is 1.05 bits per heavy atom. The summed E-state index contributed by atoms with van der Waals surface area (Å²) in [6.45, 7) is -0.877. The average molecular weight is 564 g/mol. The lowest BCUT2D eigenvalue weighted by atomic mass is 10.0. The third-order valence-electron chi connectivity index (χ3n) is 7.96. The molecule has 4 aliphatic rings. The molecule has 0 bridgehead atoms. The molecule has 3 saturated carbocycles. The topological polar surface area (TPSA) is 107 Å². The van der Waals surface area contributed by atoms with Crippen molar-refractivity contribution in [1.29, 1.82) is 5.26 Å². The highest BCUT2D eigenvalue weighted by Crippen LogP contribution is 2.59. The van der Waals surface area contributed by atoms with Crippen LogP contribution in [0.15, 0.2) is 23.1 Å². The van der Waals surface area contributed by atoms with Gasteiger partial charge in [0.25, 0.3) is 0 Å². The van der Waals surface area contributed by atoms with Gasteiger partial charge in [0.05, 0.1) is 21.8 Å². The highest BCUT2D eigenvalue weighted by molar-refractivity contribution is 7.92. The summed E-state index contributed by atoms with van der Waals surface area (Å²) in [6, 6.07) is 3.09. The number of carbonyl (C=O) groups is 2. The average Bonchev–Trinajstić information content (AvgIpc) is 3.69. The molecule has 5 rings (SSSR count). The van der Waals surface area contributed by atoms with Gasteiger partial charge in [-0.05, 0) is 68.6 Å². The fourth-order valence-electron chi connectivity index (χ4n) is 5.09. The first-order valence-corrected chi connectivity index (χ1v) is 13.7. The van der Waals surface area contributed by atoms with Gasteiger partial charge in [-0.15, -0.1) is 0 Å². The molecule has 7 nitrogen and oxygen atoms in total. The van der Waals surface area contributed by atoms with E-state index in [1.54, 1.807) is 0 Å². The summed E-state index contributed by atoms with van der Waals surface area (Å²) in [7, 11) is -4.84. The second kappa shape index (κ2) is 8.34. The number of hydrogen-bond donors (Lipinski definition) is 1. The molecule has 0 radical (unpaired) electrons. The van der Waals surface area contributed by atoms with Gasteiger partial charge in [0.1, 0.15) is 17.0 Å². The van der Waals surface area contributed by atoms with E-state index in [0.717, 1.165) is 12.1 Å². The summed E-state index contributed by atoms with van der Waals surface area (Å²) in [5.41, 5.74) is -5.07. The molecule has 1 aromatic rings. The van der Waals surface area contributed by atoms with Crippen LogP contribution in [0.1, 0.15) is 62.0 Å². The quantitative estimate of drug-likeness (QED) is 0.530.